The molecule has 0 atom stereocenters. The molecule has 0 saturated carbocycles. The number of hydrogen-bond donors (Lipinski definition) is 1. The van der Waals surface area contributed by atoms with E-state index in [4.69, 9.17) is 0 Å². The first kappa shape index (κ1) is 16.6. The second-order valence-electron chi connectivity index (χ2n) is 5.59. The number of carbonyl (C=O) groups is 1. The molecular formula is C18H18FN5O. The summed E-state index contributed by atoms with van der Waals surface area (Å²) in [5, 5.41) is 2.77. The van der Waals surface area contributed by atoms with Crippen LogP contribution in [-0.4, -0.2) is 32.5 Å². The second-order valence-corrected chi connectivity index (χ2v) is 5.59. The largest absolute Gasteiger partial charge is 0.334 e. The molecule has 0 spiro atoms. The fraction of sp³-hybridized carbons (Fsp3) is 0.167. The molecule has 0 bridgehead atoms. The van der Waals surface area contributed by atoms with Gasteiger partial charge in [-0.1, -0.05) is 12.1 Å². The van der Waals surface area contributed by atoms with Crippen LogP contribution in [0.4, 0.5) is 9.18 Å². The number of hydrogen-bond acceptors (Lipinski definition) is 3. The van der Waals surface area contributed by atoms with Gasteiger partial charge in [-0.15, -0.1) is 0 Å². The average Bonchev–Trinajstić information content (AvgIpc) is 3.15. The lowest BCUT2D eigenvalue weighted by molar-refractivity contribution is 0.206. The molecule has 0 saturated heterocycles. The Hall–Kier alpha value is -3.22. The maximum Gasteiger partial charge on any atom is 0.317 e. The van der Waals surface area contributed by atoms with Gasteiger partial charge in [0.1, 0.15) is 5.82 Å². The first-order chi connectivity index (χ1) is 12.1. The number of imidazole rings is 1. The summed E-state index contributed by atoms with van der Waals surface area (Å²) < 4.78 is 15.8. The number of carbonyl (C=O) groups excluding carboxylic acids is 1. The minimum atomic E-state index is -0.369. The van der Waals surface area contributed by atoms with Crippen LogP contribution in [-0.2, 0) is 13.1 Å². The van der Waals surface area contributed by atoms with E-state index >= 15 is 0 Å². The second kappa shape index (κ2) is 7.57. The minimum absolute atomic E-state index is 0.243. The third-order valence-corrected chi connectivity index (χ3v) is 3.71. The van der Waals surface area contributed by atoms with Crippen LogP contribution in [0.2, 0.25) is 0 Å². The van der Waals surface area contributed by atoms with Crippen LogP contribution in [0.15, 0.2) is 61.3 Å². The summed E-state index contributed by atoms with van der Waals surface area (Å²) >= 11 is 0. The lowest BCUT2D eigenvalue weighted by atomic mass is 10.2. The van der Waals surface area contributed by atoms with E-state index in [1.165, 1.54) is 17.3 Å². The molecule has 3 aromatic rings. The molecule has 7 heteroatoms. The van der Waals surface area contributed by atoms with Crippen molar-refractivity contribution in [2.24, 2.45) is 0 Å². The molecule has 2 amide bonds. The molecule has 1 N–H and O–H groups in total. The zero-order valence-electron chi connectivity index (χ0n) is 13.8. The van der Waals surface area contributed by atoms with Gasteiger partial charge in [0, 0.05) is 32.2 Å². The van der Waals surface area contributed by atoms with Crippen LogP contribution >= 0.6 is 0 Å². The summed E-state index contributed by atoms with van der Waals surface area (Å²) in [5.74, 6) is -0.369. The monoisotopic (exact) mass is 339 g/mol. The topological polar surface area (TPSA) is 63.1 Å². The molecule has 25 heavy (non-hydrogen) atoms. The molecule has 3 rings (SSSR count). The molecular weight excluding hydrogens is 321 g/mol. The van der Waals surface area contributed by atoms with Crippen LogP contribution < -0.4 is 5.32 Å². The van der Waals surface area contributed by atoms with Crippen LogP contribution in [0, 0.1) is 5.82 Å². The van der Waals surface area contributed by atoms with E-state index in [2.05, 4.69) is 15.3 Å². The quantitative estimate of drug-likeness (QED) is 0.777. The number of rotatable bonds is 5. The first-order valence-corrected chi connectivity index (χ1v) is 7.79. The number of nitrogens with zero attached hydrogens (tertiary/aromatic N) is 4. The van der Waals surface area contributed by atoms with Crippen molar-refractivity contribution >= 4 is 6.03 Å². The average molecular weight is 339 g/mol. The molecule has 2 heterocycles. The Morgan fingerprint density at radius 3 is 2.84 bits per heavy atom. The van der Waals surface area contributed by atoms with Crippen molar-refractivity contribution < 1.29 is 9.18 Å². The van der Waals surface area contributed by atoms with E-state index < -0.39 is 0 Å². The molecule has 0 aliphatic heterocycles. The van der Waals surface area contributed by atoms with E-state index in [1.54, 1.807) is 42.3 Å². The van der Waals surface area contributed by atoms with Crippen LogP contribution in [0.1, 0.15) is 11.3 Å². The molecule has 0 aliphatic rings. The molecule has 0 unspecified atom stereocenters. The highest BCUT2D eigenvalue weighted by molar-refractivity contribution is 5.73. The standard InChI is InChI=1S/C18H18FN5O/c1-23(12-15-4-2-3-7-21-15)18(25)22-11-14-5-6-17(16(19)10-14)24-9-8-20-13-24/h2-10,13H,11-12H2,1H3,(H,22,25). The Morgan fingerprint density at radius 2 is 2.16 bits per heavy atom. The summed E-state index contributed by atoms with van der Waals surface area (Å²) in [4.78, 5) is 21.8. The highest BCUT2D eigenvalue weighted by Gasteiger charge is 2.10. The Labute approximate surface area is 145 Å². The van der Waals surface area contributed by atoms with E-state index in [0.29, 0.717) is 17.8 Å². The van der Waals surface area contributed by atoms with Gasteiger partial charge in [0.25, 0.3) is 0 Å². The fourth-order valence-electron chi connectivity index (χ4n) is 2.39. The van der Waals surface area contributed by atoms with Gasteiger partial charge in [-0.25, -0.2) is 14.2 Å². The lowest BCUT2D eigenvalue weighted by Crippen LogP contribution is -2.36. The Balaban J connectivity index is 1.58. The van der Waals surface area contributed by atoms with E-state index in [0.717, 1.165) is 5.69 Å². The number of nitrogens with one attached hydrogen (secondary N) is 1. The van der Waals surface area contributed by atoms with Gasteiger partial charge in [-0.3, -0.25) is 4.98 Å². The molecule has 2 aromatic heterocycles. The number of aromatic nitrogens is 3. The lowest BCUT2D eigenvalue weighted by Gasteiger charge is -2.17. The van der Waals surface area contributed by atoms with Crippen molar-refractivity contribution in [3.63, 3.8) is 0 Å². The highest BCUT2D eigenvalue weighted by Crippen LogP contribution is 2.15. The Morgan fingerprint density at radius 1 is 1.28 bits per heavy atom. The van der Waals surface area contributed by atoms with Crippen LogP contribution in [0.3, 0.4) is 0 Å². The molecule has 1 aromatic carbocycles. The first-order valence-electron chi connectivity index (χ1n) is 7.79. The van der Waals surface area contributed by atoms with Crippen LogP contribution in [0.25, 0.3) is 5.69 Å². The molecule has 0 aliphatic carbocycles. The third kappa shape index (κ3) is 4.20. The van der Waals surface area contributed by atoms with E-state index in [9.17, 15) is 9.18 Å². The smallest absolute Gasteiger partial charge is 0.317 e. The van der Waals surface area contributed by atoms with Crippen molar-refractivity contribution in [3.05, 3.63) is 78.4 Å². The van der Waals surface area contributed by atoms with Crippen molar-refractivity contribution in [3.8, 4) is 5.69 Å². The van der Waals surface area contributed by atoms with Crippen molar-refractivity contribution in [1.29, 1.82) is 0 Å². The summed E-state index contributed by atoms with van der Waals surface area (Å²) in [6, 6.07) is 10.2. The van der Waals surface area contributed by atoms with Crippen molar-refractivity contribution in [2.45, 2.75) is 13.1 Å². The van der Waals surface area contributed by atoms with Gasteiger partial charge in [0.15, 0.2) is 0 Å². The summed E-state index contributed by atoms with van der Waals surface area (Å²) in [7, 11) is 1.69. The van der Waals surface area contributed by atoms with Crippen molar-refractivity contribution in [1.82, 2.24) is 24.8 Å². The number of pyridine rings is 1. The molecule has 0 radical (unpaired) electrons. The van der Waals surface area contributed by atoms with Gasteiger partial charge < -0.3 is 14.8 Å². The highest BCUT2D eigenvalue weighted by atomic mass is 19.1. The molecule has 6 nitrogen and oxygen atoms in total. The van der Waals surface area contributed by atoms with Crippen molar-refractivity contribution in [2.75, 3.05) is 7.05 Å². The molecule has 0 fully saturated rings. The van der Waals surface area contributed by atoms with Gasteiger partial charge in [-0.05, 0) is 29.8 Å². The van der Waals surface area contributed by atoms with E-state index in [1.807, 2.05) is 18.2 Å². The Kier molecular flexibility index (Phi) is 5.03. The zero-order valence-corrected chi connectivity index (χ0v) is 13.8. The number of benzene rings is 1. The van der Waals surface area contributed by atoms with Gasteiger partial charge in [0.05, 0.1) is 24.3 Å². The normalized spacial score (nSPS) is 10.5. The predicted octanol–water partition coefficient (Wildman–Crippen LogP) is 2.75. The summed E-state index contributed by atoms with van der Waals surface area (Å²) in [6.45, 7) is 0.646. The predicted molar refractivity (Wildman–Crippen MR) is 91.5 cm³/mol. The Bertz CT molecular complexity index is 836. The fourth-order valence-corrected chi connectivity index (χ4v) is 2.39. The number of urea groups is 1. The van der Waals surface area contributed by atoms with Gasteiger partial charge >= 0.3 is 6.03 Å². The van der Waals surface area contributed by atoms with Crippen LogP contribution in [0.5, 0.6) is 0 Å². The van der Waals surface area contributed by atoms with Gasteiger partial charge in [-0.2, -0.15) is 0 Å². The minimum Gasteiger partial charge on any atom is -0.334 e. The van der Waals surface area contributed by atoms with E-state index in [-0.39, 0.29) is 18.4 Å². The van der Waals surface area contributed by atoms with Gasteiger partial charge in [0.2, 0.25) is 0 Å². The maximum atomic E-state index is 14.2. The number of amides is 2. The molecule has 128 valence electrons. The number of halogens is 1. The summed E-state index contributed by atoms with van der Waals surface area (Å²) in [5.41, 5.74) is 1.90. The maximum absolute atomic E-state index is 14.2. The summed E-state index contributed by atoms with van der Waals surface area (Å²) in [6.07, 6.45) is 6.48. The SMILES string of the molecule is CN(Cc1ccccn1)C(=O)NCc1ccc(-n2ccnc2)c(F)c1. The zero-order chi connectivity index (χ0) is 17.6. The third-order valence-electron chi connectivity index (χ3n) is 3.71.